The third-order valence-corrected chi connectivity index (χ3v) is 4.23. The van der Waals surface area contributed by atoms with Gasteiger partial charge < -0.3 is 5.32 Å². The molecule has 1 heterocycles. The summed E-state index contributed by atoms with van der Waals surface area (Å²) in [5, 5.41) is 2.67. The highest BCUT2D eigenvalue weighted by atomic mass is 32.2. The maximum atomic E-state index is 12.4. The third-order valence-electron chi connectivity index (χ3n) is 3.01. The summed E-state index contributed by atoms with van der Waals surface area (Å²) in [6, 6.07) is 4.53. The molecule has 2 rings (SSSR count). The summed E-state index contributed by atoms with van der Waals surface area (Å²) < 4.78 is 37.1. The zero-order valence-corrected chi connectivity index (χ0v) is 11.0. The van der Waals surface area contributed by atoms with Gasteiger partial charge in [-0.2, -0.15) is 24.9 Å². The van der Waals surface area contributed by atoms with E-state index >= 15 is 0 Å². The van der Waals surface area contributed by atoms with E-state index in [1.54, 1.807) is 11.8 Å². The molecule has 104 valence electrons. The number of rotatable bonds is 2. The summed E-state index contributed by atoms with van der Waals surface area (Å²) in [4.78, 5) is 11.9. The Morgan fingerprint density at radius 3 is 2.47 bits per heavy atom. The molecular weight excluding hydrogens is 275 g/mol. The standard InChI is InChI=1S/C13H14F3NOS/c14-13(15,16)10-3-5-11(6-4-10)17-12(18)9-2-1-7-19-8-9/h3-6,9H,1-2,7-8H2,(H,17,18). The van der Waals surface area contributed by atoms with E-state index in [1.165, 1.54) is 12.1 Å². The lowest BCUT2D eigenvalue weighted by atomic mass is 10.0. The van der Waals surface area contributed by atoms with Crippen molar-refractivity contribution in [2.75, 3.05) is 16.8 Å². The Balaban J connectivity index is 1.97. The molecular formula is C13H14F3NOS. The molecule has 2 nitrogen and oxygen atoms in total. The predicted molar refractivity (Wildman–Crippen MR) is 70.1 cm³/mol. The fourth-order valence-electron chi connectivity index (χ4n) is 1.93. The second-order valence-corrected chi connectivity index (χ2v) is 5.63. The van der Waals surface area contributed by atoms with Crippen LogP contribution in [-0.4, -0.2) is 17.4 Å². The summed E-state index contributed by atoms with van der Waals surface area (Å²) >= 11 is 1.74. The van der Waals surface area contributed by atoms with E-state index in [4.69, 9.17) is 0 Å². The van der Waals surface area contributed by atoms with Crippen LogP contribution in [0.5, 0.6) is 0 Å². The highest BCUT2D eigenvalue weighted by Gasteiger charge is 2.30. The molecule has 1 saturated heterocycles. The number of hydrogen-bond donors (Lipinski definition) is 1. The van der Waals surface area contributed by atoms with Crippen molar-refractivity contribution in [3.63, 3.8) is 0 Å². The SMILES string of the molecule is O=C(Nc1ccc(C(F)(F)F)cc1)C1CCCSC1. The summed E-state index contributed by atoms with van der Waals surface area (Å²) in [5.41, 5.74) is -0.299. The summed E-state index contributed by atoms with van der Waals surface area (Å²) in [6.07, 6.45) is -2.49. The molecule has 0 bridgehead atoms. The van der Waals surface area contributed by atoms with E-state index in [1.807, 2.05) is 0 Å². The average molecular weight is 289 g/mol. The first-order chi connectivity index (χ1) is 8.97. The van der Waals surface area contributed by atoms with Gasteiger partial charge in [0.05, 0.1) is 5.56 Å². The van der Waals surface area contributed by atoms with Crippen molar-refractivity contribution < 1.29 is 18.0 Å². The topological polar surface area (TPSA) is 29.1 Å². The van der Waals surface area contributed by atoms with Gasteiger partial charge in [-0.25, -0.2) is 0 Å². The minimum Gasteiger partial charge on any atom is -0.326 e. The van der Waals surface area contributed by atoms with Gasteiger partial charge in [-0.15, -0.1) is 0 Å². The monoisotopic (exact) mass is 289 g/mol. The second-order valence-electron chi connectivity index (χ2n) is 4.48. The average Bonchev–Trinajstić information content (AvgIpc) is 2.39. The van der Waals surface area contributed by atoms with Crippen molar-refractivity contribution in [3.05, 3.63) is 29.8 Å². The number of carbonyl (C=O) groups is 1. The van der Waals surface area contributed by atoms with Crippen LogP contribution in [0.3, 0.4) is 0 Å². The van der Waals surface area contributed by atoms with Crippen LogP contribution < -0.4 is 5.32 Å². The van der Waals surface area contributed by atoms with Crippen LogP contribution in [-0.2, 0) is 11.0 Å². The largest absolute Gasteiger partial charge is 0.416 e. The van der Waals surface area contributed by atoms with Crippen LogP contribution in [0.15, 0.2) is 24.3 Å². The van der Waals surface area contributed by atoms with Gasteiger partial charge in [0.1, 0.15) is 0 Å². The van der Waals surface area contributed by atoms with Crippen LogP contribution in [0.25, 0.3) is 0 Å². The first kappa shape index (κ1) is 14.2. The molecule has 0 saturated carbocycles. The van der Waals surface area contributed by atoms with Crippen molar-refractivity contribution in [1.82, 2.24) is 0 Å². The molecule has 1 atom stereocenters. The lowest BCUT2D eigenvalue weighted by Gasteiger charge is -2.20. The molecule has 1 fully saturated rings. The third kappa shape index (κ3) is 3.89. The van der Waals surface area contributed by atoms with Gasteiger partial charge in [0.15, 0.2) is 0 Å². The van der Waals surface area contributed by atoms with Gasteiger partial charge in [0.25, 0.3) is 0 Å². The van der Waals surface area contributed by atoms with Gasteiger partial charge in [-0.3, -0.25) is 4.79 Å². The zero-order chi connectivity index (χ0) is 13.9. The van der Waals surface area contributed by atoms with Gasteiger partial charge >= 0.3 is 6.18 Å². The van der Waals surface area contributed by atoms with Crippen molar-refractivity contribution in [2.45, 2.75) is 19.0 Å². The van der Waals surface area contributed by atoms with Crippen molar-refractivity contribution in [2.24, 2.45) is 5.92 Å². The summed E-state index contributed by atoms with van der Waals surface area (Å²) in [6.45, 7) is 0. The number of benzene rings is 1. The highest BCUT2D eigenvalue weighted by Crippen LogP contribution is 2.30. The number of halogens is 3. The smallest absolute Gasteiger partial charge is 0.326 e. The quantitative estimate of drug-likeness (QED) is 0.897. The Bertz CT molecular complexity index is 438. The van der Waals surface area contributed by atoms with E-state index in [2.05, 4.69) is 5.32 Å². The van der Waals surface area contributed by atoms with Crippen molar-refractivity contribution in [1.29, 1.82) is 0 Å². The van der Waals surface area contributed by atoms with E-state index in [0.29, 0.717) is 5.69 Å². The van der Waals surface area contributed by atoms with Gasteiger partial charge in [-0.05, 0) is 42.9 Å². The molecule has 0 spiro atoms. The molecule has 1 unspecified atom stereocenters. The first-order valence-electron chi connectivity index (χ1n) is 6.02. The zero-order valence-electron chi connectivity index (χ0n) is 10.2. The Hall–Kier alpha value is -1.17. The molecule has 19 heavy (non-hydrogen) atoms. The maximum absolute atomic E-state index is 12.4. The fraction of sp³-hybridized carbons (Fsp3) is 0.462. The number of amides is 1. The lowest BCUT2D eigenvalue weighted by Crippen LogP contribution is -2.27. The molecule has 1 aromatic carbocycles. The molecule has 1 amide bonds. The summed E-state index contributed by atoms with van der Waals surface area (Å²) in [5.74, 6) is 1.71. The maximum Gasteiger partial charge on any atom is 0.416 e. The van der Waals surface area contributed by atoms with Crippen LogP contribution in [0.2, 0.25) is 0 Å². The van der Waals surface area contributed by atoms with Crippen molar-refractivity contribution >= 4 is 23.4 Å². The van der Waals surface area contributed by atoms with Crippen LogP contribution in [0.1, 0.15) is 18.4 Å². The Kier molecular flexibility index (Phi) is 4.39. The molecule has 0 aliphatic carbocycles. The number of alkyl halides is 3. The van der Waals surface area contributed by atoms with Gasteiger partial charge in [0.2, 0.25) is 5.91 Å². The van der Waals surface area contributed by atoms with Gasteiger partial charge in [0, 0.05) is 17.4 Å². The van der Waals surface area contributed by atoms with Crippen LogP contribution >= 0.6 is 11.8 Å². The Labute approximate surface area is 113 Å². The number of carbonyl (C=O) groups excluding carboxylic acids is 1. The number of nitrogens with one attached hydrogen (secondary N) is 1. The normalized spacial score (nSPS) is 20.1. The van der Waals surface area contributed by atoms with E-state index in [-0.39, 0.29) is 11.8 Å². The number of thioether (sulfide) groups is 1. The molecule has 6 heteroatoms. The van der Waals surface area contributed by atoms with E-state index in [0.717, 1.165) is 36.5 Å². The molecule has 0 radical (unpaired) electrons. The summed E-state index contributed by atoms with van der Waals surface area (Å²) in [7, 11) is 0. The minimum absolute atomic E-state index is 0.0407. The molecule has 0 aromatic heterocycles. The second kappa shape index (κ2) is 5.86. The molecule has 1 aromatic rings. The van der Waals surface area contributed by atoms with Crippen molar-refractivity contribution in [3.8, 4) is 0 Å². The van der Waals surface area contributed by atoms with Crippen LogP contribution in [0.4, 0.5) is 18.9 Å². The molecule has 1 aliphatic heterocycles. The highest BCUT2D eigenvalue weighted by molar-refractivity contribution is 7.99. The number of anilines is 1. The fourth-order valence-corrected chi connectivity index (χ4v) is 3.07. The van der Waals surface area contributed by atoms with Crippen LogP contribution in [0, 0.1) is 5.92 Å². The number of hydrogen-bond acceptors (Lipinski definition) is 2. The lowest BCUT2D eigenvalue weighted by molar-refractivity contribution is -0.137. The Morgan fingerprint density at radius 1 is 1.26 bits per heavy atom. The minimum atomic E-state index is -4.34. The van der Waals surface area contributed by atoms with E-state index < -0.39 is 11.7 Å². The van der Waals surface area contributed by atoms with E-state index in [9.17, 15) is 18.0 Å². The predicted octanol–water partition coefficient (Wildman–Crippen LogP) is 3.79. The van der Waals surface area contributed by atoms with Gasteiger partial charge in [-0.1, -0.05) is 0 Å². The molecule has 1 aliphatic rings. The Morgan fingerprint density at radius 2 is 1.95 bits per heavy atom. The first-order valence-corrected chi connectivity index (χ1v) is 7.18. The molecule has 1 N–H and O–H groups in total.